The van der Waals surface area contributed by atoms with Gasteiger partial charge in [0.05, 0.1) is 18.7 Å². The molecule has 2 aromatic carbocycles. The van der Waals surface area contributed by atoms with Gasteiger partial charge in [0.25, 0.3) is 11.7 Å². The number of likely N-dealkylation sites (tertiary alicyclic amines) is 1. The minimum absolute atomic E-state index is 0.0109. The van der Waals surface area contributed by atoms with E-state index in [2.05, 4.69) is 0 Å². The number of carboxylic acids is 1. The largest absolute Gasteiger partial charge is 0.508 e. The van der Waals surface area contributed by atoms with Crippen molar-refractivity contribution in [3.63, 3.8) is 0 Å². The molecule has 1 aliphatic heterocycles. The van der Waals surface area contributed by atoms with Crippen LogP contribution >= 0.6 is 0 Å². The molecule has 0 spiro atoms. The quantitative estimate of drug-likeness (QED) is 0.363. The number of methoxy groups -OCH3 is 1. The molecule has 1 amide bonds. The summed E-state index contributed by atoms with van der Waals surface area (Å²) in [5.41, 5.74) is 0.756. The van der Waals surface area contributed by atoms with Gasteiger partial charge in [-0.05, 0) is 48.4 Å². The van der Waals surface area contributed by atoms with Gasteiger partial charge in [0.2, 0.25) is 0 Å². The van der Waals surface area contributed by atoms with Crippen LogP contribution < -0.4 is 4.74 Å². The zero-order valence-electron chi connectivity index (χ0n) is 16.2. The normalized spacial score (nSPS) is 17.9. The van der Waals surface area contributed by atoms with Gasteiger partial charge < -0.3 is 25.0 Å². The number of carbonyl (C=O) groups excluding carboxylic acids is 2. The van der Waals surface area contributed by atoms with Gasteiger partial charge >= 0.3 is 5.97 Å². The molecule has 3 N–H and O–H groups in total. The highest BCUT2D eigenvalue weighted by molar-refractivity contribution is 6.46. The van der Waals surface area contributed by atoms with Crippen LogP contribution in [0.25, 0.3) is 5.76 Å². The van der Waals surface area contributed by atoms with Crippen molar-refractivity contribution in [1.29, 1.82) is 0 Å². The first kappa shape index (κ1) is 20.9. The van der Waals surface area contributed by atoms with Gasteiger partial charge in [-0.2, -0.15) is 0 Å². The Hall–Kier alpha value is -3.81. The van der Waals surface area contributed by atoms with E-state index in [-0.39, 0.29) is 36.5 Å². The summed E-state index contributed by atoms with van der Waals surface area (Å²) in [7, 11) is 1.50. The summed E-state index contributed by atoms with van der Waals surface area (Å²) < 4.78 is 5.10. The van der Waals surface area contributed by atoms with E-state index < -0.39 is 23.7 Å². The van der Waals surface area contributed by atoms with Crippen LogP contribution in [0.2, 0.25) is 0 Å². The Balaban J connectivity index is 2.07. The van der Waals surface area contributed by atoms with Crippen molar-refractivity contribution >= 4 is 23.4 Å². The number of ketones is 1. The van der Waals surface area contributed by atoms with Crippen molar-refractivity contribution in [1.82, 2.24) is 4.90 Å². The molecule has 0 radical (unpaired) electrons. The Labute approximate surface area is 172 Å². The zero-order chi connectivity index (χ0) is 21.8. The smallest absolute Gasteiger partial charge is 0.303 e. The van der Waals surface area contributed by atoms with Crippen LogP contribution in [0.15, 0.2) is 54.1 Å². The highest BCUT2D eigenvalue weighted by atomic mass is 16.5. The number of hydrogen-bond donors (Lipinski definition) is 3. The second-order valence-corrected chi connectivity index (χ2v) is 6.81. The van der Waals surface area contributed by atoms with Crippen LogP contribution in [0.4, 0.5) is 0 Å². The van der Waals surface area contributed by atoms with Crippen molar-refractivity contribution in [2.75, 3.05) is 13.7 Å². The number of ether oxygens (including phenoxy) is 1. The van der Waals surface area contributed by atoms with Gasteiger partial charge in [0.15, 0.2) is 0 Å². The van der Waals surface area contributed by atoms with E-state index in [1.807, 2.05) is 0 Å². The first-order valence-electron chi connectivity index (χ1n) is 9.27. The second kappa shape index (κ2) is 8.69. The van der Waals surface area contributed by atoms with Gasteiger partial charge in [-0.3, -0.25) is 14.4 Å². The lowest BCUT2D eigenvalue weighted by atomic mass is 9.95. The summed E-state index contributed by atoms with van der Waals surface area (Å²) in [6.07, 6.45) is -0.0106. The summed E-state index contributed by atoms with van der Waals surface area (Å²) in [6.45, 7) is 0.0296. The van der Waals surface area contributed by atoms with E-state index in [0.717, 1.165) is 0 Å². The second-order valence-electron chi connectivity index (χ2n) is 6.81. The first-order valence-corrected chi connectivity index (χ1v) is 9.27. The number of carbonyl (C=O) groups is 3. The van der Waals surface area contributed by atoms with Gasteiger partial charge in [-0.15, -0.1) is 0 Å². The zero-order valence-corrected chi connectivity index (χ0v) is 16.2. The average molecular weight is 411 g/mol. The SMILES string of the molecule is COc1ccc(C(O)=C2C(=O)C(=O)N(CCCC(=O)O)[C@H]2c2ccc(O)cc2)cc1. The van der Waals surface area contributed by atoms with Crippen LogP contribution in [0, 0.1) is 0 Å². The number of carboxylic acid groups (broad SMARTS) is 1. The van der Waals surface area contributed by atoms with Gasteiger partial charge in [-0.25, -0.2) is 0 Å². The van der Waals surface area contributed by atoms with Crippen LogP contribution in [0.5, 0.6) is 11.5 Å². The van der Waals surface area contributed by atoms with E-state index in [1.54, 1.807) is 36.4 Å². The molecule has 1 atom stereocenters. The fraction of sp³-hybridized carbons (Fsp3) is 0.227. The Bertz CT molecular complexity index is 993. The number of aliphatic hydroxyl groups is 1. The summed E-state index contributed by atoms with van der Waals surface area (Å²) in [5.74, 6) is -2.43. The van der Waals surface area contributed by atoms with Crippen molar-refractivity contribution in [2.45, 2.75) is 18.9 Å². The lowest BCUT2D eigenvalue weighted by Crippen LogP contribution is -2.31. The third kappa shape index (κ3) is 4.12. The molecule has 8 heteroatoms. The van der Waals surface area contributed by atoms with Crippen molar-refractivity contribution in [2.24, 2.45) is 0 Å². The molecule has 3 rings (SSSR count). The Morgan fingerprint density at radius 1 is 1.03 bits per heavy atom. The molecule has 1 heterocycles. The number of Topliss-reactive ketones (excluding diaryl/α,β-unsaturated/α-hetero) is 1. The highest BCUT2D eigenvalue weighted by Gasteiger charge is 2.45. The fourth-order valence-corrected chi connectivity index (χ4v) is 3.42. The summed E-state index contributed by atoms with van der Waals surface area (Å²) in [5, 5.41) is 29.4. The molecule has 1 fully saturated rings. The molecule has 1 aliphatic rings. The van der Waals surface area contributed by atoms with E-state index >= 15 is 0 Å². The Morgan fingerprint density at radius 3 is 2.23 bits per heavy atom. The Kier molecular flexibility index (Phi) is 6.06. The first-order chi connectivity index (χ1) is 14.3. The number of hydrogen-bond acceptors (Lipinski definition) is 6. The topological polar surface area (TPSA) is 124 Å². The predicted molar refractivity (Wildman–Crippen MR) is 107 cm³/mol. The molecule has 0 bridgehead atoms. The van der Waals surface area contributed by atoms with Crippen LogP contribution in [0.3, 0.4) is 0 Å². The Morgan fingerprint density at radius 2 is 1.67 bits per heavy atom. The lowest BCUT2D eigenvalue weighted by molar-refractivity contribution is -0.140. The lowest BCUT2D eigenvalue weighted by Gasteiger charge is -2.25. The average Bonchev–Trinajstić information content (AvgIpc) is 2.98. The number of benzene rings is 2. The number of phenols is 1. The molecular weight excluding hydrogens is 390 g/mol. The molecule has 8 nitrogen and oxygen atoms in total. The van der Waals surface area contributed by atoms with E-state index in [9.17, 15) is 24.6 Å². The van der Waals surface area contributed by atoms with Crippen LogP contribution in [-0.4, -0.2) is 51.5 Å². The number of phenolic OH excluding ortho intramolecular Hbond substituents is 1. The minimum Gasteiger partial charge on any atom is -0.508 e. The summed E-state index contributed by atoms with van der Waals surface area (Å²) in [6, 6.07) is 11.4. The summed E-state index contributed by atoms with van der Waals surface area (Å²) >= 11 is 0. The summed E-state index contributed by atoms with van der Waals surface area (Å²) in [4.78, 5) is 37.6. The minimum atomic E-state index is -1.01. The number of rotatable bonds is 7. The number of amides is 1. The van der Waals surface area contributed by atoms with Crippen molar-refractivity contribution < 1.29 is 34.4 Å². The number of aliphatic carboxylic acids is 1. The van der Waals surface area contributed by atoms with Crippen molar-refractivity contribution in [3.8, 4) is 11.5 Å². The standard InChI is InChI=1S/C22H21NO7/c1-30-16-10-6-14(7-11-16)20(27)18-19(13-4-8-15(24)9-5-13)23(22(29)21(18)28)12-2-3-17(25)26/h4-11,19,24,27H,2-3,12H2,1H3,(H,25,26)/t19-/m0/s1. The third-order valence-electron chi connectivity index (χ3n) is 4.90. The maximum absolute atomic E-state index is 12.8. The number of aliphatic hydroxyl groups excluding tert-OH is 1. The molecular formula is C22H21NO7. The maximum Gasteiger partial charge on any atom is 0.303 e. The number of aromatic hydroxyl groups is 1. The monoisotopic (exact) mass is 411 g/mol. The van der Waals surface area contributed by atoms with Crippen molar-refractivity contribution in [3.05, 3.63) is 65.2 Å². The molecule has 0 unspecified atom stereocenters. The highest BCUT2D eigenvalue weighted by Crippen LogP contribution is 2.40. The fourth-order valence-electron chi connectivity index (χ4n) is 3.42. The molecule has 2 aromatic rings. The van der Waals surface area contributed by atoms with E-state index in [0.29, 0.717) is 16.9 Å². The van der Waals surface area contributed by atoms with Crippen LogP contribution in [0.1, 0.15) is 30.0 Å². The molecule has 156 valence electrons. The third-order valence-corrected chi connectivity index (χ3v) is 4.90. The van der Waals surface area contributed by atoms with Gasteiger partial charge in [0.1, 0.15) is 17.3 Å². The van der Waals surface area contributed by atoms with Crippen LogP contribution in [-0.2, 0) is 14.4 Å². The van der Waals surface area contributed by atoms with Gasteiger partial charge in [-0.1, -0.05) is 12.1 Å². The van der Waals surface area contributed by atoms with E-state index in [4.69, 9.17) is 9.84 Å². The molecule has 0 aromatic heterocycles. The molecule has 0 aliphatic carbocycles. The number of nitrogens with zero attached hydrogens (tertiary/aromatic N) is 1. The molecule has 1 saturated heterocycles. The molecule has 0 saturated carbocycles. The van der Waals surface area contributed by atoms with E-state index in [1.165, 1.54) is 24.1 Å². The predicted octanol–water partition coefficient (Wildman–Crippen LogP) is 2.69. The molecule has 30 heavy (non-hydrogen) atoms. The maximum atomic E-state index is 12.8. The van der Waals surface area contributed by atoms with Gasteiger partial charge in [0, 0.05) is 18.5 Å².